The molecule has 144 valence electrons. The minimum absolute atomic E-state index is 0.00966. The topological polar surface area (TPSA) is 151 Å². The quantitative estimate of drug-likeness (QED) is 0.303. The highest BCUT2D eigenvalue weighted by molar-refractivity contribution is 5.91. The first-order chi connectivity index (χ1) is 11.8. The van der Waals surface area contributed by atoms with E-state index in [9.17, 15) is 19.2 Å². The molecule has 2 atom stereocenters. The van der Waals surface area contributed by atoms with Crippen molar-refractivity contribution in [2.45, 2.75) is 70.9 Å². The normalized spacial score (nSPS) is 12.7. The molecule has 0 heterocycles. The predicted octanol–water partition coefficient (Wildman–Crippen LogP) is 0.479. The van der Waals surface area contributed by atoms with Crippen LogP contribution in [0.5, 0.6) is 0 Å². The van der Waals surface area contributed by atoms with E-state index in [1.54, 1.807) is 6.92 Å². The van der Waals surface area contributed by atoms with Gasteiger partial charge in [-0.2, -0.15) is 0 Å². The highest BCUT2D eigenvalue weighted by Gasteiger charge is 2.24. The monoisotopic (exact) mass is 358 g/mol. The lowest BCUT2D eigenvalue weighted by atomic mass is 10.1. The number of carboxylic acid groups (broad SMARTS) is 1. The van der Waals surface area contributed by atoms with Crippen LogP contribution in [-0.4, -0.2) is 47.5 Å². The lowest BCUT2D eigenvalue weighted by molar-refractivity contribution is -0.131. The first-order valence-corrected chi connectivity index (χ1v) is 8.61. The van der Waals surface area contributed by atoms with Crippen molar-refractivity contribution in [1.82, 2.24) is 16.0 Å². The second-order valence-corrected chi connectivity index (χ2v) is 6.05. The Bertz CT molecular complexity index is 456. The summed E-state index contributed by atoms with van der Waals surface area (Å²) >= 11 is 0. The van der Waals surface area contributed by atoms with Gasteiger partial charge in [0.15, 0.2) is 0 Å². The number of nitrogens with one attached hydrogen (secondary N) is 3. The van der Waals surface area contributed by atoms with Gasteiger partial charge < -0.3 is 26.8 Å². The lowest BCUT2D eigenvalue weighted by Gasteiger charge is -2.20. The molecule has 0 saturated carbocycles. The van der Waals surface area contributed by atoms with Crippen LogP contribution in [0.2, 0.25) is 0 Å². The van der Waals surface area contributed by atoms with E-state index in [0.29, 0.717) is 0 Å². The van der Waals surface area contributed by atoms with Gasteiger partial charge in [0, 0.05) is 19.0 Å². The Balaban J connectivity index is 4.41. The zero-order valence-electron chi connectivity index (χ0n) is 15.0. The van der Waals surface area contributed by atoms with Gasteiger partial charge in [-0.3, -0.25) is 14.4 Å². The highest BCUT2D eigenvalue weighted by Crippen LogP contribution is 2.05. The maximum absolute atomic E-state index is 12.2. The smallest absolute Gasteiger partial charge is 0.404 e. The van der Waals surface area contributed by atoms with Crippen LogP contribution in [-0.2, 0) is 14.4 Å². The Labute approximate surface area is 148 Å². The fourth-order valence-electron chi connectivity index (χ4n) is 2.20. The summed E-state index contributed by atoms with van der Waals surface area (Å²) in [6, 6.07) is -1.56. The molecule has 9 heteroatoms. The van der Waals surface area contributed by atoms with Gasteiger partial charge in [-0.25, -0.2) is 4.79 Å². The summed E-state index contributed by atoms with van der Waals surface area (Å²) in [5.41, 5.74) is 5.13. The molecule has 0 spiro atoms. The number of primary amides is 1. The first kappa shape index (κ1) is 22.7. The number of carbonyl (C=O) groups is 4. The van der Waals surface area contributed by atoms with Crippen molar-refractivity contribution >= 4 is 23.8 Å². The van der Waals surface area contributed by atoms with Crippen molar-refractivity contribution in [2.75, 3.05) is 6.54 Å². The summed E-state index contributed by atoms with van der Waals surface area (Å²) in [6.45, 7) is 3.72. The molecule has 9 nitrogen and oxygen atoms in total. The Hall–Kier alpha value is -2.32. The van der Waals surface area contributed by atoms with Crippen molar-refractivity contribution in [3.63, 3.8) is 0 Å². The summed E-state index contributed by atoms with van der Waals surface area (Å²) < 4.78 is 0. The van der Waals surface area contributed by atoms with E-state index in [4.69, 9.17) is 10.8 Å². The average Bonchev–Trinajstić information content (AvgIpc) is 2.51. The number of nitrogens with two attached hydrogens (primary N) is 1. The summed E-state index contributed by atoms with van der Waals surface area (Å²) in [5.74, 6) is -1.59. The SMILES string of the molecule is CCCCCCCC(=O)N[C@H](CC(N)=O)C(=O)N[C@@H](C)CNC(=O)O. The fraction of sp³-hybridized carbons (Fsp3) is 0.750. The van der Waals surface area contributed by atoms with Gasteiger partial charge in [0.2, 0.25) is 17.7 Å². The summed E-state index contributed by atoms with van der Waals surface area (Å²) in [7, 11) is 0. The molecule has 0 saturated heterocycles. The minimum atomic E-state index is -1.20. The zero-order chi connectivity index (χ0) is 19.2. The standard InChI is InChI=1S/C16H30N4O5/c1-3-4-5-6-7-8-14(22)20-12(9-13(17)21)15(23)19-11(2)10-18-16(24)25/h11-12,18H,3-10H2,1-2H3,(H2,17,21)(H,19,23)(H,20,22)(H,24,25)/t11-,12+/m0/s1. The third kappa shape index (κ3) is 12.7. The van der Waals surface area contributed by atoms with E-state index in [1.165, 1.54) is 0 Å². The van der Waals surface area contributed by atoms with Crippen molar-refractivity contribution < 1.29 is 24.3 Å². The summed E-state index contributed by atoms with van der Waals surface area (Å²) in [6.07, 6.45) is 3.71. The van der Waals surface area contributed by atoms with E-state index in [0.717, 1.165) is 32.1 Å². The molecule has 0 radical (unpaired) electrons. The van der Waals surface area contributed by atoms with Gasteiger partial charge in [-0.05, 0) is 13.3 Å². The molecule has 4 amide bonds. The van der Waals surface area contributed by atoms with Crippen LogP contribution in [0.25, 0.3) is 0 Å². The molecule has 0 rings (SSSR count). The van der Waals surface area contributed by atoms with Crippen LogP contribution in [0.3, 0.4) is 0 Å². The molecular formula is C16H30N4O5. The predicted molar refractivity (Wildman–Crippen MR) is 92.8 cm³/mol. The molecule has 0 aliphatic carbocycles. The zero-order valence-corrected chi connectivity index (χ0v) is 15.0. The summed E-state index contributed by atoms with van der Waals surface area (Å²) in [5, 5.41) is 15.7. The van der Waals surface area contributed by atoms with Gasteiger partial charge in [0.1, 0.15) is 6.04 Å². The highest BCUT2D eigenvalue weighted by atomic mass is 16.4. The Morgan fingerprint density at radius 2 is 1.68 bits per heavy atom. The Morgan fingerprint density at radius 3 is 2.24 bits per heavy atom. The van der Waals surface area contributed by atoms with Crippen LogP contribution in [0.15, 0.2) is 0 Å². The van der Waals surface area contributed by atoms with E-state index < -0.39 is 30.0 Å². The van der Waals surface area contributed by atoms with Gasteiger partial charge >= 0.3 is 6.09 Å². The molecule has 0 fully saturated rings. The van der Waals surface area contributed by atoms with Crippen LogP contribution in [0.1, 0.15) is 58.8 Å². The molecule has 0 unspecified atom stereocenters. The van der Waals surface area contributed by atoms with E-state index >= 15 is 0 Å². The Kier molecular flexibility index (Phi) is 11.8. The average molecular weight is 358 g/mol. The number of rotatable bonds is 13. The lowest BCUT2D eigenvalue weighted by Crippen LogP contribution is -2.52. The van der Waals surface area contributed by atoms with Crippen LogP contribution >= 0.6 is 0 Å². The number of unbranched alkanes of at least 4 members (excludes halogenated alkanes) is 4. The summed E-state index contributed by atoms with van der Waals surface area (Å²) in [4.78, 5) is 45.7. The minimum Gasteiger partial charge on any atom is -0.465 e. The maximum Gasteiger partial charge on any atom is 0.404 e. The molecule has 0 aliphatic rings. The van der Waals surface area contributed by atoms with Gasteiger partial charge in [0.25, 0.3) is 0 Å². The molecule has 0 aliphatic heterocycles. The molecule has 6 N–H and O–H groups in total. The number of hydrogen-bond donors (Lipinski definition) is 5. The third-order valence-corrected chi connectivity index (χ3v) is 3.51. The molecule has 25 heavy (non-hydrogen) atoms. The van der Waals surface area contributed by atoms with Crippen molar-refractivity contribution in [1.29, 1.82) is 0 Å². The van der Waals surface area contributed by atoms with E-state index in [-0.39, 0.29) is 25.3 Å². The maximum atomic E-state index is 12.2. The molecular weight excluding hydrogens is 328 g/mol. The molecule has 0 aromatic rings. The van der Waals surface area contributed by atoms with Crippen molar-refractivity contribution in [3.05, 3.63) is 0 Å². The number of carbonyl (C=O) groups excluding carboxylic acids is 3. The van der Waals surface area contributed by atoms with Crippen molar-refractivity contribution in [2.24, 2.45) is 5.73 Å². The second-order valence-electron chi connectivity index (χ2n) is 6.05. The number of hydrogen-bond acceptors (Lipinski definition) is 4. The van der Waals surface area contributed by atoms with Gasteiger partial charge in [-0.15, -0.1) is 0 Å². The van der Waals surface area contributed by atoms with Gasteiger partial charge in [-0.1, -0.05) is 32.6 Å². The van der Waals surface area contributed by atoms with E-state index in [1.807, 2.05) is 0 Å². The van der Waals surface area contributed by atoms with E-state index in [2.05, 4.69) is 22.9 Å². The van der Waals surface area contributed by atoms with Gasteiger partial charge in [0.05, 0.1) is 6.42 Å². The Morgan fingerprint density at radius 1 is 1.04 bits per heavy atom. The molecule has 0 bridgehead atoms. The largest absolute Gasteiger partial charge is 0.465 e. The van der Waals surface area contributed by atoms with Crippen LogP contribution in [0, 0.1) is 0 Å². The molecule has 0 aromatic carbocycles. The second kappa shape index (κ2) is 13.0. The number of amides is 4. The fourth-order valence-corrected chi connectivity index (χ4v) is 2.20. The molecule has 0 aromatic heterocycles. The third-order valence-electron chi connectivity index (χ3n) is 3.51. The van der Waals surface area contributed by atoms with Crippen molar-refractivity contribution in [3.8, 4) is 0 Å². The van der Waals surface area contributed by atoms with Crippen LogP contribution in [0.4, 0.5) is 4.79 Å². The first-order valence-electron chi connectivity index (χ1n) is 8.61. The van der Waals surface area contributed by atoms with Crippen LogP contribution < -0.4 is 21.7 Å².